The summed E-state index contributed by atoms with van der Waals surface area (Å²) < 4.78 is 6.62. The molecule has 8 nitrogen and oxygen atoms in total. The Kier molecular flexibility index (Phi) is 6.30. The fraction of sp³-hybridized carbons (Fsp3) is 0.185. The van der Waals surface area contributed by atoms with Crippen LogP contribution in [0.3, 0.4) is 0 Å². The van der Waals surface area contributed by atoms with Crippen molar-refractivity contribution in [3.63, 3.8) is 0 Å². The van der Waals surface area contributed by atoms with Crippen molar-refractivity contribution in [1.29, 1.82) is 0 Å². The van der Waals surface area contributed by atoms with Crippen molar-refractivity contribution >= 4 is 40.3 Å². The fourth-order valence-electron chi connectivity index (χ4n) is 4.34. The molecule has 1 aliphatic rings. The number of morpholine rings is 1. The highest BCUT2D eigenvalue weighted by Gasteiger charge is 2.24. The zero-order valence-corrected chi connectivity index (χ0v) is 20.2. The molecule has 1 saturated heterocycles. The number of carboxylic acid groups (broad SMARTS) is 1. The molecule has 0 atom stereocenters. The number of hydrogen-bond acceptors (Lipinski definition) is 5. The van der Waals surface area contributed by atoms with E-state index in [9.17, 15) is 19.5 Å². The van der Waals surface area contributed by atoms with Gasteiger partial charge in [0, 0.05) is 29.6 Å². The van der Waals surface area contributed by atoms with Crippen LogP contribution in [0.1, 0.15) is 36.6 Å². The molecule has 4 aromatic rings. The van der Waals surface area contributed by atoms with E-state index in [1.807, 2.05) is 0 Å². The minimum atomic E-state index is -1.03. The fourth-order valence-corrected chi connectivity index (χ4v) is 4.65. The molecular formula is C27H22ClN3O5. The third kappa shape index (κ3) is 4.25. The van der Waals surface area contributed by atoms with Crippen molar-refractivity contribution in [2.24, 2.45) is 0 Å². The van der Waals surface area contributed by atoms with Gasteiger partial charge in [-0.2, -0.15) is 9.78 Å². The van der Waals surface area contributed by atoms with Gasteiger partial charge in [-0.1, -0.05) is 35.9 Å². The van der Waals surface area contributed by atoms with Gasteiger partial charge in [0.15, 0.2) is 0 Å². The van der Waals surface area contributed by atoms with Crippen molar-refractivity contribution in [2.45, 2.75) is 6.92 Å². The highest BCUT2D eigenvalue weighted by Crippen LogP contribution is 2.31. The van der Waals surface area contributed by atoms with Crippen molar-refractivity contribution in [2.75, 3.05) is 26.3 Å². The number of aryl methyl sites for hydroxylation is 1. The van der Waals surface area contributed by atoms with Gasteiger partial charge in [-0.05, 0) is 48.9 Å². The van der Waals surface area contributed by atoms with E-state index < -0.39 is 11.9 Å². The molecule has 1 aliphatic heterocycles. The summed E-state index contributed by atoms with van der Waals surface area (Å²) in [5, 5.41) is 14.8. The van der Waals surface area contributed by atoms with Crippen LogP contribution in [-0.2, 0) is 4.74 Å². The number of amides is 1. The van der Waals surface area contributed by atoms with E-state index in [1.54, 1.807) is 60.4 Å². The highest BCUT2D eigenvalue weighted by atomic mass is 35.5. The van der Waals surface area contributed by atoms with Crippen LogP contribution in [0.5, 0.6) is 0 Å². The average molecular weight is 504 g/mol. The molecule has 36 heavy (non-hydrogen) atoms. The van der Waals surface area contributed by atoms with Crippen LogP contribution in [0.15, 0.2) is 60.7 Å². The standard InChI is InChI=1S/C27H22ClN3O5/c1-16-3-2-4-21(28)23(16)26(33)31-22-15-19(25(32)30-11-13-36-14-12-30)9-10-20(22)24(29-31)17-5-7-18(8-6-17)27(34)35/h2-10,15H,11-14H2,1H3,(H,34,35). The normalized spacial score (nSPS) is 13.7. The van der Waals surface area contributed by atoms with Gasteiger partial charge in [0.05, 0.1) is 34.9 Å². The van der Waals surface area contributed by atoms with Gasteiger partial charge in [-0.3, -0.25) is 9.59 Å². The smallest absolute Gasteiger partial charge is 0.335 e. The third-order valence-corrected chi connectivity index (χ3v) is 6.57. The second-order valence-electron chi connectivity index (χ2n) is 8.52. The molecule has 0 aliphatic carbocycles. The van der Waals surface area contributed by atoms with Gasteiger partial charge in [-0.25, -0.2) is 4.79 Å². The van der Waals surface area contributed by atoms with E-state index in [0.29, 0.717) is 70.2 Å². The number of aromatic nitrogens is 2. The summed E-state index contributed by atoms with van der Waals surface area (Å²) in [4.78, 5) is 39.9. The number of carboxylic acids is 1. The Morgan fingerprint density at radius 2 is 1.64 bits per heavy atom. The van der Waals surface area contributed by atoms with Crippen molar-refractivity contribution in [3.05, 3.63) is 87.9 Å². The summed E-state index contributed by atoms with van der Waals surface area (Å²) in [6.45, 7) is 3.74. The lowest BCUT2D eigenvalue weighted by atomic mass is 10.0. The molecule has 0 radical (unpaired) electrons. The van der Waals surface area contributed by atoms with E-state index in [4.69, 9.17) is 16.3 Å². The van der Waals surface area contributed by atoms with Gasteiger partial charge in [0.1, 0.15) is 5.69 Å². The summed E-state index contributed by atoms with van der Waals surface area (Å²) in [7, 11) is 0. The molecule has 0 spiro atoms. The molecule has 0 saturated carbocycles. The Hall–Kier alpha value is -4.01. The quantitative estimate of drug-likeness (QED) is 0.439. The second kappa shape index (κ2) is 9.56. The van der Waals surface area contributed by atoms with Gasteiger partial charge in [0.2, 0.25) is 0 Å². The number of ether oxygens (including phenoxy) is 1. The van der Waals surface area contributed by atoms with Gasteiger partial charge in [-0.15, -0.1) is 0 Å². The molecule has 5 rings (SSSR count). The average Bonchev–Trinajstić information content (AvgIpc) is 3.27. The number of aromatic carboxylic acids is 1. The molecule has 182 valence electrons. The summed E-state index contributed by atoms with van der Waals surface area (Å²) in [6.07, 6.45) is 0. The van der Waals surface area contributed by atoms with Crippen LogP contribution in [0.4, 0.5) is 0 Å². The van der Waals surface area contributed by atoms with Crippen LogP contribution in [0.2, 0.25) is 5.02 Å². The number of halogens is 1. The van der Waals surface area contributed by atoms with Crippen molar-refractivity contribution in [1.82, 2.24) is 14.7 Å². The summed E-state index contributed by atoms with van der Waals surface area (Å²) in [5.41, 5.74) is 3.18. The summed E-state index contributed by atoms with van der Waals surface area (Å²) in [6, 6.07) is 16.6. The van der Waals surface area contributed by atoms with Crippen LogP contribution in [0, 0.1) is 6.92 Å². The number of carbonyl (C=O) groups is 3. The van der Waals surface area contributed by atoms with Crippen LogP contribution < -0.4 is 0 Å². The Morgan fingerprint density at radius 3 is 2.31 bits per heavy atom. The largest absolute Gasteiger partial charge is 0.478 e. The first-order valence-corrected chi connectivity index (χ1v) is 11.8. The van der Waals surface area contributed by atoms with E-state index in [0.717, 1.165) is 0 Å². The highest BCUT2D eigenvalue weighted by molar-refractivity contribution is 6.34. The van der Waals surface area contributed by atoms with Crippen molar-refractivity contribution in [3.8, 4) is 11.3 Å². The Labute approximate surface area is 211 Å². The van der Waals surface area contributed by atoms with E-state index >= 15 is 0 Å². The minimum Gasteiger partial charge on any atom is -0.478 e. The molecule has 0 unspecified atom stereocenters. The Morgan fingerprint density at radius 1 is 0.944 bits per heavy atom. The molecule has 1 aromatic heterocycles. The SMILES string of the molecule is Cc1cccc(Cl)c1C(=O)n1nc(-c2ccc(C(=O)O)cc2)c2ccc(C(=O)N3CCOCC3)cc21. The molecule has 1 amide bonds. The van der Waals surface area contributed by atoms with Gasteiger partial charge >= 0.3 is 5.97 Å². The second-order valence-corrected chi connectivity index (χ2v) is 8.92. The number of benzene rings is 3. The third-order valence-electron chi connectivity index (χ3n) is 6.26. The first kappa shape index (κ1) is 23.7. The molecule has 3 aromatic carbocycles. The number of nitrogens with zero attached hydrogens (tertiary/aromatic N) is 3. The first-order valence-electron chi connectivity index (χ1n) is 11.4. The maximum absolute atomic E-state index is 13.7. The van der Waals surface area contributed by atoms with E-state index in [1.165, 1.54) is 16.8 Å². The monoisotopic (exact) mass is 503 g/mol. The summed E-state index contributed by atoms with van der Waals surface area (Å²) >= 11 is 6.39. The van der Waals surface area contributed by atoms with E-state index in [2.05, 4.69) is 5.10 Å². The predicted octanol–water partition coefficient (Wildman–Crippen LogP) is 4.52. The number of fused-ring (bicyclic) bond motifs is 1. The zero-order chi connectivity index (χ0) is 25.4. The predicted molar refractivity (Wildman–Crippen MR) is 135 cm³/mol. The molecule has 1 fully saturated rings. The van der Waals surface area contributed by atoms with Crippen LogP contribution >= 0.6 is 11.6 Å². The number of carbonyl (C=O) groups excluding carboxylic acids is 2. The van der Waals surface area contributed by atoms with E-state index in [-0.39, 0.29) is 11.5 Å². The Bertz CT molecular complexity index is 1480. The molecular weight excluding hydrogens is 482 g/mol. The first-order chi connectivity index (χ1) is 17.3. The zero-order valence-electron chi connectivity index (χ0n) is 19.4. The lowest BCUT2D eigenvalue weighted by Crippen LogP contribution is -2.40. The topological polar surface area (TPSA) is 102 Å². The maximum atomic E-state index is 13.7. The lowest BCUT2D eigenvalue weighted by molar-refractivity contribution is 0.0303. The van der Waals surface area contributed by atoms with Crippen LogP contribution in [-0.4, -0.2) is 63.9 Å². The van der Waals surface area contributed by atoms with Crippen molar-refractivity contribution < 1.29 is 24.2 Å². The van der Waals surface area contributed by atoms with Crippen LogP contribution in [0.25, 0.3) is 22.2 Å². The molecule has 1 N–H and O–H groups in total. The minimum absolute atomic E-state index is 0.142. The lowest BCUT2D eigenvalue weighted by Gasteiger charge is -2.26. The molecule has 0 bridgehead atoms. The summed E-state index contributed by atoms with van der Waals surface area (Å²) in [5.74, 6) is -1.61. The number of hydrogen-bond donors (Lipinski definition) is 1. The molecule has 2 heterocycles. The van der Waals surface area contributed by atoms with Gasteiger partial charge < -0.3 is 14.7 Å². The maximum Gasteiger partial charge on any atom is 0.335 e. The Balaban J connectivity index is 1.67. The number of rotatable bonds is 4. The van der Waals surface area contributed by atoms with Gasteiger partial charge in [0.25, 0.3) is 11.8 Å². The molecule has 9 heteroatoms.